The summed E-state index contributed by atoms with van der Waals surface area (Å²) in [6, 6.07) is 10.1. The van der Waals surface area contributed by atoms with E-state index in [2.05, 4.69) is 36.8 Å². The van der Waals surface area contributed by atoms with Crippen LogP contribution in [0.1, 0.15) is 25.7 Å². The van der Waals surface area contributed by atoms with E-state index in [4.69, 9.17) is 11.0 Å². The SMILES string of the molecule is N#CCCn1cc(-c2ccc(-n3nnc4cnc(N[C@@H]5CC[C@@H](C(N)=O)C5)nc43)cc2)cn1. The van der Waals surface area contributed by atoms with Gasteiger partial charge in [-0.1, -0.05) is 17.3 Å². The lowest BCUT2D eigenvalue weighted by Gasteiger charge is -2.12. The molecule has 0 bridgehead atoms. The minimum Gasteiger partial charge on any atom is -0.369 e. The number of carbonyl (C=O) groups excluding carboxylic acids is 1. The molecule has 1 aliphatic rings. The zero-order valence-electron chi connectivity index (χ0n) is 17.8. The van der Waals surface area contributed by atoms with Crippen molar-refractivity contribution in [3.8, 4) is 22.9 Å². The van der Waals surface area contributed by atoms with Gasteiger partial charge in [0.25, 0.3) is 0 Å². The molecule has 3 heterocycles. The van der Waals surface area contributed by atoms with Crippen LogP contribution in [0.5, 0.6) is 0 Å². The first-order valence-corrected chi connectivity index (χ1v) is 10.8. The summed E-state index contributed by atoms with van der Waals surface area (Å²) < 4.78 is 3.43. The summed E-state index contributed by atoms with van der Waals surface area (Å²) in [4.78, 5) is 20.4. The minimum atomic E-state index is -0.254. The Hall–Kier alpha value is -4.33. The zero-order chi connectivity index (χ0) is 22.8. The van der Waals surface area contributed by atoms with Crippen molar-refractivity contribution in [2.45, 2.75) is 38.3 Å². The molecule has 0 radical (unpaired) electrons. The fourth-order valence-electron chi connectivity index (χ4n) is 4.12. The molecule has 33 heavy (non-hydrogen) atoms. The van der Waals surface area contributed by atoms with E-state index in [-0.39, 0.29) is 17.9 Å². The van der Waals surface area contributed by atoms with Crippen LogP contribution in [0.2, 0.25) is 0 Å². The molecule has 2 atom stereocenters. The van der Waals surface area contributed by atoms with Crippen molar-refractivity contribution < 1.29 is 4.79 Å². The van der Waals surface area contributed by atoms with Crippen molar-refractivity contribution in [3.05, 3.63) is 42.9 Å². The van der Waals surface area contributed by atoms with Crippen molar-refractivity contribution in [2.75, 3.05) is 5.32 Å². The van der Waals surface area contributed by atoms with Gasteiger partial charge in [-0.15, -0.1) is 5.10 Å². The molecule has 3 aromatic heterocycles. The molecule has 4 aromatic rings. The van der Waals surface area contributed by atoms with Gasteiger partial charge in [0.15, 0.2) is 11.2 Å². The number of amides is 1. The summed E-state index contributed by atoms with van der Waals surface area (Å²) in [7, 11) is 0. The maximum Gasteiger partial charge on any atom is 0.225 e. The van der Waals surface area contributed by atoms with Crippen molar-refractivity contribution in [2.24, 2.45) is 11.7 Å². The van der Waals surface area contributed by atoms with Gasteiger partial charge in [-0.2, -0.15) is 20.0 Å². The number of anilines is 1. The largest absolute Gasteiger partial charge is 0.369 e. The lowest BCUT2D eigenvalue weighted by Crippen LogP contribution is -2.23. The third-order valence-electron chi connectivity index (χ3n) is 5.89. The lowest BCUT2D eigenvalue weighted by atomic mass is 10.1. The van der Waals surface area contributed by atoms with Crippen LogP contribution in [0.3, 0.4) is 0 Å². The van der Waals surface area contributed by atoms with Gasteiger partial charge < -0.3 is 11.1 Å². The molecule has 0 aliphatic heterocycles. The average Bonchev–Trinajstić information content (AvgIpc) is 3.57. The number of nitrogens with two attached hydrogens (primary N) is 1. The third-order valence-corrected chi connectivity index (χ3v) is 5.89. The Kier molecular flexibility index (Phi) is 5.40. The second kappa shape index (κ2) is 8.66. The van der Waals surface area contributed by atoms with Crippen LogP contribution in [0.25, 0.3) is 28.0 Å². The van der Waals surface area contributed by atoms with E-state index >= 15 is 0 Å². The average molecular weight is 442 g/mol. The van der Waals surface area contributed by atoms with Crippen LogP contribution < -0.4 is 11.1 Å². The second-order valence-corrected chi connectivity index (χ2v) is 8.10. The Labute approximate surface area is 189 Å². The van der Waals surface area contributed by atoms with E-state index in [0.29, 0.717) is 36.5 Å². The number of fused-ring (bicyclic) bond motifs is 1. The first kappa shape index (κ1) is 20.6. The third kappa shape index (κ3) is 4.23. The number of benzene rings is 1. The molecule has 5 rings (SSSR count). The summed E-state index contributed by atoms with van der Waals surface area (Å²) in [6.45, 7) is 0.569. The fourth-order valence-corrected chi connectivity index (χ4v) is 4.12. The molecule has 0 saturated heterocycles. The van der Waals surface area contributed by atoms with Crippen molar-refractivity contribution in [1.82, 2.24) is 34.7 Å². The molecule has 1 amide bonds. The van der Waals surface area contributed by atoms with E-state index in [1.165, 1.54) is 0 Å². The van der Waals surface area contributed by atoms with Gasteiger partial charge in [0.2, 0.25) is 11.9 Å². The highest BCUT2D eigenvalue weighted by Crippen LogP contribution is 2.27. The monoisotopic (exact) mass is 442 g/mol. The predicted molar refractivity (Wildman–Crippen MR) is 120 cm³/mol. The minimum absolute atomic E-state index is 0.101. The highest BCUT2D eigenvalue weighted by molar-refractivity contribution is 5.77. The summed E-state index contributed by atoms with van der Waals surface area (Å²) in [6.07, 6.45) is 8.08. The number of aromatic nitrogens is 7. The Morgan fingerprint density at radius 1 is 1.21 bits per heavy atom. The summed E-state index contributed by atoms with van der Waals surface area (Å²) in [5.41, 5.74) is 9.41. The second-order valence-electron chi connectivity index (χ2n) is 8.10. The molecular formula is C22H22N10O. The van der Waals surface area contributed by atoms with Gasteiger partial charge in [0.05, 0.1) is 37.1 Å². The molecule has 11 heteroatoms. The van der Waals surface area contributed by atoms with Crippen molar-refractivity contribution >= 4 is 23.0 Å². The molecule has 1 fully saturated rings. The van der Waals surface area contributed by atoms with Crippen LogP contribution in [0.4, 0.5) is 5.95 Å². The van der Waals surface area contributed by atoms with Crippen LogP contribution in [0.15, 0.2) is 42.9 Å². The summed E-state index contributed by atoms with van der Waals surface area (Å²) >= 11 is 0. The van der Waals surface area contributed by atoms with E-state index in [1.807, 2.05) is 30.5 Å². The standard InChI is InChI=1S/C22H22N10O/c23-8-1-9-31-13-16(11-26-31)14-3-6-18(7-4-14)32-21-19(29-30-32)12-25-22(28-21)27-17-5-2-15(10-17)20(24)33/h3-4,6-7,11-13,15,17H,1-2,5,9-10H2,(H2,24,33)(H,25,27,28)/t15-,17-/m1/s1. The number of hydrogen-bond acceptors (Lipinski definition) is 8. The van der Waals surface area contributed by atoms with E-state index in [0.717, 1.165) is 29.7 Å². The molecule has 1 aromatic carbocycles. The number of nitrogens with one attached hydrogen (secondary N) is 1. The number of rotatable bonds is 7. The smallest absolute Gasteiger partial charge is 0.225 e. The van der Waals surface area contributed by atoms with Crippen LogP contribution in [0, 0.1) is 17.2 Å². The normalized spacial score (nSPS) is 17.8. The Morgan fingerprint density at radius 3 is 2.82 bits per heavy atom. The molecule has 1 aliphatic carbocycles. The van der Waals surface area contributed by atoms with E-state index < -0.39 is 0 Å². The molecule has 0 spiro atoms. The topological polar surface area (TPSA) is 153 Å². The molecule has 166 valence electrons. The highest BCUT2D eigenvalue weighted by Gasteiger charge is 2.28. The number of nitrogens with zero attached hydrogens (tertiary/aromatic N) is 8. The van der Waals surface area contributed by atoms with Gasteiger partial charge in [-0.05, 0) is 37.0 Å². The van der Waals surface area contributed by atoms with E-state index in [9.17, 15) is 4.79 Å². The van der Waals surface area contributed by atoms with Crippen LogP contribution in [-0.4, -0.2) is 46.7 Å². The molecular weight excluding hydrogens is 420 g/mol. The number of carbonyl (C=O) groups is 1. The predicted octanol–water partition coefficient (Wildman–Crippen LogP) is 2.05. The summed E-state index contributed by atoms with van der Waals surface area (Å²) in [5, 5.41) is 24.8. The zero-order valence-corrected chi connectivity index (χ0v) is 17.8. The van der Waals surface area contributed by atoms with Crippen LogP contribution >= 0.6 is 0 Å². The fraction of sp³-hybridized carbons (Fsp3) is 0.318. The molecule has 11 nitrogen and oxygen atoms in total. The quantitative estimate of drug-likeness (QED) is 0.441. The van der Waals surface area contributed by atoms with Gasteiger partial charge in [-0.3, -0.25) is 9.48 Å². The van der Waals surface area contributed by atoms with Crippen molar-refractivity contribution in [3.63, 3.8) is 0 Å². The molecule has 3 N–H and O–H groups in total. The Bertz CT molecular complexity index is 1330. The van der Waals surface area contributed by atoms with E-state index in [1.54, 1.807) is 21.8 Å². The van der Waals surface area contributed by atoms with Gasteiger partial charge >= 0.3 is 0 Å². The van der Waals surface area contributed by atoms with Gasteiger partial charge in [-0.25, -0.2) is 4.98 Å². The maximum atomic E-state index is 11.4. The summed E-state index contributed by atoms with van der Waals surface area (Å²) in [5.74, 6) is 0.119. The highest BCUT2D eigenvalue weighted by atomic mass is 16.1. The number of primary amides is 1. The number of hydrogen-bond donors (Lipinski definition) is 2. The van der Waals surface area contributed by atoms with Crippen LogP contribution in [-0.2, 0) is 11.3 Å². The first-order chi connectivity index (χ1) is 16.1. The van der Waals surface area contributed by atoms with Crippen molar-refractivity contribution in [1.29, 1.82) is 5.26 Å². The van der Waals surface area contributed by atoms with Gasteiger partial charge in [0.1, 0.15) is 0 Å². The number of nitriles is 1. The lowest BCUT2D eigenvalue weighted by molar-refractivity contribution is -0.121. The van der Waals surface area contributed by atoms with Gasteiger partial charge in [0, 0.05) is 23.7 Å². The Morgan fingerprint density at radius 2 is 2.06 bits per heavy atom. The molecule has 0 unspecified atom stereocenters. The first-order valence-electron chi connectivity index (χ1n) is 10.8. The number of aryl methyl sites for hydroxylation is 1. The Balaban J connectivity index is 1.35. The molecule has 1 saturated carbocycles. The maximum absolute atomic E-state index is 11.4.